The molecule has 1 rings (SSSR count). The normalized spacial score (nSPS) is 12.8. The average Bonchev–Trinajstić information content (AvgIpc) is 2.29. The van der Waals surface area contributed by atoms with E-state index < -0.39 is 0 Å². The Morgan fingerprint density at radius 2 is 2.12 bits per heavy atom. The second-order valence-electron chi connectivity index (χ2n) is 3.98. The van der Waals surface area contributed by atoms with Gasteiger partial charge >= 0.3 is 0 Å². The fraction of sp³-hybridized carbons (Fsp3) is 0.538. The smallest absolute Gasteiger partial charge is 0.142 e. The van der Waals surface area contributed by atoms with E-state index in [0.717, 1.165) is 18.4 Å². The van der Waals surface area contributed by atoms with Gasteiger partial charge in [0, 0.05) is 6.04 Å². The number of halogens is 2. The molecule has 1 atom stereocenters. The van der Waals surface area contributed by atoms with Gasteiger partial charge in [0.15, 0.2) is 0 Å². The van der Waals surface area contributed by atoms with Crippen LogP contribution in [0.2, 0.25) is 5.02 Å². The minimum atomic E-state index is -0.338. The molecule has 1 N–H and O–H groups in total. The maximum atomic E-state index is 13.3. The number of hydrogen-bond acceptors (Lipinski definition) is 1. The first-order chi connectivity index (χ1) is 7.70. The van der Waals surface area contributed by atoms with Gasteiger partial charge in [0.25, 0.3) is 0 Å². The molecule has 3 heteroatoms. The summed E-state index contributed by atoms with van der Waals surface area (Å²) < 4.78 is 13.3. The summed E-state index contributed by atoms with van der Waals surface area (Å²) in [4.78, 5) is 0. The van der Waals surface area contributed by atoms with Gasteiger partial charge in [0.05, 0.1) is 5.02 Å². The Bertz CT molecular complexity index is 328. The van der Waals surface area contributed by atoms with Crippen molar-refractivity contribution in [3.63, 3.8) is 0 Å². The highest BCUT2D eigenvalue weighted by atomic mass is 35.5. The number of rotatable bonds is 6. The predicted octanol–water partition coefficient (Wildman–Crippen LogP) is 4.32. The second-order valence-corrected chi connectivity index (χ2v) is 4.36. The third-order valence-electron chi connectivity index (χ3n) is 2.80. The first-order valence-electron chi connectivity index (χ1n) is 5.81. The second kappa shape index (κ2) is 6.87. The standard InChI is InChI=1S/C13H19ClFN/c1-3-4-5-9-12(16-2)10-7-6-8-11(15)13(10)14/h6-8,12,16H,3-5,9H2,1-2H3. The van der Waals surface area contributed by atoms with Gasteiger partial charge in [-0.15, -0.1) is 0 Å². The van der Waals surface area contributed by atoms with Crippen molar-refractivity contribution in [3.05, 3.63) is 34.6 Å². The van der Waals surface area contributed by atoms with E-state index >= 15 is 0 Å². The van der Waals surface area contributed by atoms with Crippen LogP contribution in [0.3, 0.4) is 0 Å². The third kappa shape index (κ3) is 3.46. The van der Waals surface area contributed by atoms with Crippen LogP contribution in [0.5, 0.6) is 0 Å². The van der Waals surface area contributed by atoms with E-state index in [4.69, 9.17) is 11.6 Å². The summed E-state index contributed by atoms with van der Waals surface area (Å²) in [5.74, 6) is -0.338. The number of unbranched alkanes of at least 4 members (excludes halogenated alkanes) is 2. The van der Waals surface area contributed by atoms with Crippen LogP contribution in [0.1, 0.15) is 44.2 Å². The minimum absolute atomic E-state index is 0.148. The van der Waals surface area contributed by atoms with Crippen LogP contribution in [0, 0.1) is 5.82 Å². The minimum Gasteiger partial charge on any atom is -0.313 e. The van der Waals surface area contributed by atoms with Crippen molar-refractivity contribution < 1.29 is 4.39 Å². The monoisotopic (exact) mass is 243 g/mol. The SMILES string of the molecule is CCCCCC(NC)c1cccc(F)c1Cl. The lowest BCUT2D eigenvalue weighted by molar-refractivity contribution is 0.508. The van der Waals surface area contributed by atoms with E-state index in [1.165, 1.54) is 18.9 Å². The van der Waals surface area contributed by atoms with Gasteiger partial charge < -0.3 is 5.32 Å². The van der Waals surface area contributed by atoms with Gasteiger partial charge in [-0.2, -0.15) is 0 Å². The van der Waals surface area contributed by atoms with Crippen LogP contribution in [0.15, 0.2) is 18.2 Å². The molecule has 0 heterocycles. The summed E-state index contributed by atoms with van der Waals surface area (Å²) in [5.41, 5.74) is 0.861. The van der Waals surface area contributed by atoms with E-state index in [1.807, 2.05) is 13.1 Å². The Balaban J connectivity index is 2.74. The molecule has 0 saturated heterocycles. The first-order valence-corrected chi connectivity index (χ1v) is 6.19. The Kier molecular flexibility index (Phi) is 5.78. The average molecular weight is 244 g/mol. The van der Waals surface area contributed by atoms with Crippen LogP contribution in [-0.2, 0) is 0 Å². The highest BCUT2D eigenvalue weighted by Crippen LogP contribution is 2.28. The first kappa shape index (κ1) is 13.5. The topological polar surface area (TPSA) is 12.0 Å². The highest BCUT2D eigenvalue weighted by Gasteiger charge is 2.14. The molecule has 1 aromatic rings. The molecule has 1 unspecified atom stereocenters. The van der Waals surface area contributed by atoms with Crippen molar-refractivity contribution in [2.75, 3.05) is 7.05 Å². The van der Waals surface area contributed by atoms with Crippen LogP contribution in [-0.4, -0.2) is 7.05 Å². The molecule has 0 saturated carbocycles. The van der Waals surface area contributed by atoms with Crippen LogP contribution >= 0.6 is 11.6 Å². The number of hydrogen-bond donors (Lipinski definition) is 1. The van der Waals surface area contributed by atoms with E-state index in [-0.39, 0.29) is 16.9 Å². The van der Waals surface area contributed by atoms with Crippen LogP contribution in [0.4, 0.5) is 4.39 Å². The van der Waals surface area contributed by atoms with Crippen molar-refractivity contribution in [2.24, 2.45) is 0 Å². The van der Waals surface area contributed by atoms with Crippen molar-refractivity contribution in [3.8, 4) is 0 Å². The fourth-order valence-electron chi connectivity index (χ4n) is 1.84. The quantitative estimate of drug-likeness (QED) is 0.734. The maximum Gasteiger partial charge on any atom is 0.142 e. The summed E-state index contributed by atoms with van der Waals surface area (Å²) >= 11 is 5.96. The molecule has 16 heavy (non-hydrogen) atoms. The fourth-order valence-corrected chi connectivity index (χ4v) is 2.10. The van der Waals surface area contributed by atoms with Crippen LogP contribution < -0.4 is 5.32 Å². The van der Waals surface area contributed by atoms with Crippen molar-refractivity contribution in [1.82, 2.24) is 5.32 Å². The van der Waals surface area contributed by atoms with E-state index in [1.54, 1.807) is 6.07 Å². The largest absolute Gasteiger partial charge is 0.313 e. The number of nitrogens with one attached hydrogen (secondary N) is 1. The summed E-state index contributed by atoms with van der Waals surface area (Å²) in [6.45, 7) is 2.17. The van der Waals surface area contributed by atoms with Gasteiger partial charge in [-0.3, -0.25) is 0 Å². The lowest BCUT2D eigenvalue weighted by atomic mass is 10.0. The van der Waals surface area contributed by atoms with Gasteiger partial charge in [-0.05, 0) is 25.1 Å². The van der Waals surface area contributed by atoms with Crippen molar-refractivity contribution in [1.29, 1.82) is 0 Å². The molecule has 0 spiro atoms. The molecule has 0 aromatic heterocycles. The van der Waals surface area contributed by atoms with Crippen molar-refractivity contribution >= 4 is 11.6 Å². The Labute approximate surface area is 102 Å². The molecule has 0 bridgehead atoms. The molecular formula is C13H19ClFN. The molecule has 90 valence electrons. The summed E-state index contributed by atoms with van der Waals surface area (Å²) in [5, 5.41) is 3.44. The van der Waals surface area contributed by atoms with Gasteiger partial charge in [-0.25, -0.2) is 4.39 Å². The van der Waals surface area contributed by atoms with Crippen LogP contribution in [0.25, 0.3) is 0 Å². The summed E-state index contributed by atoms with van der Waals surface area (Å²) in [7, 11) is 1.89. The van der Waals surface area contributed by atoms with E-state index in [9.17, 15) is 4.39 Å². The summed E-state index contributed by atoms with van der Waals surface area (Å²) in [6, 6.07) is 5.14. The zero-order valence-electron chi connectivity index (χ0n) is 9.89. The molecule has 0 radical (unpaired) electrons. The predicted molar refractivity (Wildman–Crippen MR) is 67.4 cm³/mol. The molecule has 0 aliphatic rings. The molecule has 0 aliphatic carbocycles. The lowest BCUT2D eigenvalue weighted by Crippen LogP contribution is -2.17. The third-order valence-corrected chi connectivity index (χ3v) is 3.20. The van der Waals surface area contributed by atoms with Crippen molar-refractivity contribution in [2.45, 2.75) is 38.6 Å². The summed E-state index contributed by atoms with van der Waals surface area (Å²) in [6.07, 6.45) is 4.51. The lowest BCUT2D eigenvalue weighted by Gasteiger charge is -2.18. The van der Waals surface area contributed by atoms with Gasteiger partial charge in [0.1, 0.15) is 5.82 Å². The molecular weight excluding hydrogens is 225 g/mol. The molecule has 0 fully saturated rings. The van der Waals surface area contributed by atoms with E-state index in [2.05, 4.69) is 12.2 Å². The Morgan fingerprint density at radius 3 is 2.75 bits per heavy atom. The Hall–Kier alpha value is -0.600. The molecule has 1 aromatic carbocycles. The van der Waals surface area contributed by atoms with Gasteiger partial charge in [0.2, 0.25) is 0 Å². The Morgan fingerprint density at radius 1 is 1.38 bits per heavy atom. The molecule has 0 aliphatic heterocycles. The molecule has 0 amide bonds. The maximum absolute atomic E-state index is 13.3. The van der Waals surface area contributed by atoms with E-state index in [0.29, 0.717) is 0 Å². The zero-order chi connectivity index (χ0) is 12.0. The van der Waals surface area contributed by atoms with Gasteiger partial charge in [-0.1, -0.05) is 49.9 Å². The molecule has 1 nitrogen and oxygen atoms in total. The number of benzene rings is 1. The highest BCUT2D eigenvalue weighted by molar-refractivity contribution is 6.31. The zero-order valence-corrected chi connectivity index (χ0v) is 10.6.